The Hall–Kier alpha value is -1.16. The number of nitrogens with one attached hydrogen (secondary N) is 1. The van der Waals surface area contributed by atoms with Crippen LogP contribution in [0, 0.1) is 5.92 Å². The first-order chi connectivity index (χ1) is 9.83. The fourth-order valence-electron chi connectivity index (χ4n) is 3.53. The third kappa shape index (κ3) is 3.29. The van der Waals surface area contributed by atoms with Gasteiger partial charge in [-0.25, -0.2) is 9.97 Å². The van der Waals surface area contributed by atoms with Gasteiger partial charge in [-0.3, -0.25) is 0 Å². The molecule has 1 saturated heterocycles. The normalized spacial score (nSPS) is 23.9. The van der Waals surface area contributed by atoms with E-state index >= 15 is 0 Å². The van der Waals surface area contributed by atoms with E-state index in [1.165, 1.54) is 56.5 Å². The maximum Gasteiger partial charge on any atom is 0.132 e. The van der Waals surface area contributed by atoms with Crippen molar-refractivity contribution in [2.24, 2.45) is 5.92 Å². The molecule has 20 heavy (non-hydrogen) atoms. The quantitative estimate of drug-likeness (QED) is 0.860. The summed E-state index contributed by atoms with van der Waals surface area (Å²) < 4.78 is 0. The topological polar surface area (TPSA) is 41.0 Å². The first-order valence-corrected chi connectivity index (χ1v) is 8.08. The van der Waals surface area contributed by atoms with E-state index in [1.54, 1.807) is 6.33 Å². The van der Waals surface area contributed by atoms with Crippen molar-refractivity contribution in [3.8, 4) is 0 Å². The minimum absolute atomic E-state index is 0.755. The number of likely N-dealkylation sites (tertiary alicyclic amines) is 1. The van der Waals surface area contributed by atoms with Gasteiger partial charge in [0.05, 0.1) is 0 Å². The molecule has 1 atom stereocenters. The molecule has 1 aromatic heterocycles. The van der Waals surface area contributed by atoms with E-state index in [1.807, 2.05) is 0 Å². The number of aromatic nitrogens is 2. The Balaban J connectivity index is 1.65. The molecule has 110 valence electrons. The van der Waals surface area contributed by atoms with E-state index < -0.39 is 0 Å². The van der Waals surface area contributed by atoms with Crippen molar-refractivity contribution in [3.05, 3.63) is 17.6 Å². The maximum absolute atomic E-state index is 4.50. The number of fused-ring (bicyclic) bond motifs is 1. The zero-order valence-corrected chi connectivity index (χ0v) is 12.6. The summed E-state index contributed by atoms with van der Waals surface area (Å²) in [4.78, 5) is 11.4. The van der Waals surface area contributed by atoms with Crippen LogP contribution in [0.5, 0.6) is 0 Å². The highest BCUT2D eigenvalue weighted by Crippen LogP contribution is 2.24. The third-order valence-corrected chi connectivity index (χ3v) is 4.66. The van der Waals surface area contributed by atoms with Gasteiger partial charge < -0.3 is 10.2 Å². The van der Waals surface area contributed by atoms with Crippen LogP contribution in [-0.2, 0) is 12.8 Å². The average Bonchev–Trinajstić information content (AvgIpc) is 2.71. The van der Waals surface area contributed by atoms with E-state index in [-0.39, 0.29) is 0 Å². The number of anilines is 1. The van der Waals surface area contributed by atoms with Gasteiger partial charge in [0.2, 0.25) is 0 Å². The van der Waals surface area contributed by atoms with Crippen LogP contribution in [0.4, 0.5) is 5.82 Å². The molecule has 1 fully saturated rings. The second-order valence-corrected chi connectivity index (χ2v) is 6.36. The Bertz CT molecular complexity index is 446. The van der Waals surface area contributed by atoms with Gasteiger partial charge in [-0.1, -0.05) is 6.42 Å². The van der Waals surface area contributed by atoms with Crippen molar-refractivity contribution in [1.29, 1.82) is 0 Å². The molecule has 1 aliphatic carbocycles. The lowest BCUT2D eigenvalue weighted by molar-refractivity contribution is 0.217. The predicted octanol–water partition coefficient (Wildman–Crippen LogP) is 2.50. The molecule has 0 radical (unpaired) electrons. The van der Waals surface area contributed by atoms with Gasteiger partial charge in [-0.05, 0) is 58.0 Å². The number of hydrogen-bond donors (Lipinski definition) is 1. The van der Waals surface area contributed by atoms with E-state index in [4.69, 9.17) is 0 Å². The minimum Gasteiger partial charge on any atom is -0.369 e. The van der Waals surface area contributed by atoms with Crippen LogP contribution in [0.25, 0.3) is 0 Å². The fourth-order valence-corrected chi connectivity index (χ4v) is 3.53. The molecule has 4 nitrogen and oxygen atoms in total. The van der Waals surface area contributed by atoms with Crippen LogP contribution in [0.1, 0.15) is 43.4 Å². The second-order valence-electron chi connectivity index (χ2n) is 6.36. The van der Waals surface area contributed by atoms with Crippen molar-refractivity contribution in [2.45, 2.75) is 44.9 Å². The fraction of sp³-hybridized carbons (Fsp3) is 0.750. The summed E-state index contributed by atoms with van der Waals surface area (Å²) in [5, 5.41) is 3.61. The molecular formula is C16H26N4. The molecule has 3 rings (SSSR count). The standard InChI is InChI=1S/C16H26N4/c1-20-9-5-6-13(11-20)10-17-16-14-7-3-2-4-8-15(14)18-12-19-16/h12-13H,2-11H2,1H3,(H,17,18,19). The van der Waals surface area contributed by atoms with Gasteiger partial charge in [0, 0.05) is 24.3 Å². The van der Waals surface area contributed by atoms with Crippen LogP contribution >= 0.6 is 0 Å². The molecule has 2 aliphatic rings. The van der Waals surface area contributed by atoms with Crippen molar-refractivity contribution in [3.63, 3.8) is 0 Å². The highest BCUT2D eigenvalue weighted by atomic mass is 15.1. The third-order valence-electron chi connectivity index (χ3n) is 4.66. The Morgan fingerprint density at radius 2 is 2.10 bits per heavy atom. The summed E-state index contributed by atoms with van der Waals surface area (Å²) in [5.74, 6) is 1.86. The molecule has 0 amide bonds. The van der Waals surface area contributed by atoms with Crippen molar-refractivity contribution in [1.82, 2.24) is 14.9 Å². The molecule has 1 N–H and O–H groups in total. The Morgan fingerprint density at radius 3 is 3.00 bits per heavy atom. The number of piperidine rings is 1. The van der Waals surface area contributed by atoms with Gasteiger partial charge in [0.25, 0.3) is 0 Å². The molecule has 2 heterocycles. The van der Waals surface area contributed by atoms with E-state index in [0.29, 0.717) is 0 Å². The Morgan fingerprint density at radius 1 is 1.20 bits per heavy atom. The van der Waals surface area contributed by atoms with Gasteiger partial charge in [0.15, 0.2) is 0 Å². The molecule has 0 bridgehead atoms. The molecule has 0 aromatic carbocycles. The lowest BCUT2D eigenvalue weighted by Crippen LogP contribution is -2.35. The summed E-state index contributed by atoms with van der Waals surface area (Å²) in [6, 6.07) is 0. The van der Waals surface area contributed by atoms with Crippen LogP contribution in [0.2, 0.25) is 0 Å². The first kappa shape index (κ1) is 13.8. The molecule has 0 saturated carbocycles. The van der Waals surface area contributed by atoms with Crippen LogP contribution in [-0.4, -0.2) is 41.5 Å². The monoisotopic (exact) mass is 274 g/mol. The first-order valence-electron chi connectivity index (χ1n) is 8.08. The Labute approximate surface area is 122 Å². The number of rotatable bonds is 3. The van der Waals surface area contributed by atoms with Crippen LogP contribution in [0.15, 0.2) is 6.33 Å². The molecule has 4 heteroatoms. The van der Waals surface area contributed by atoms with Gasteiger partial charge >= 0.3 is 0 Å². The van der Waals surface area contributed by atoms with Crippen molar-refractivity contribution < 1.29 is 0 Å². The highest BCUT2D eigenvalue weighted by Gasteiger charge is 2.19. The zero-order chi connectivity index (χ0) is 13.8. The van der Waals surface area contributed by atoms with Crippen LogP contribution < -0.4 is 5.32 Å². The smallest absolute Gasteiger partial charge is 0.132 e. The Kier molecular flexibility index (Phi) is 4.51. The van der Waals surface area contributed by atoms with E-state index in [9.17, 15) is 0 Å². The van der Waals surface area contributed by atoms with Crippen LogP contribution in [0.3, 0.4) is 0 Å². The van der Waals surface area contributed by atoms with Gasteiger partial charge in [0.1, 0.15) is 12.1 Å². The summed E-state index contributed by atoms with van der Waals surface area (Å²) in [6.07, 6.45) is 10.5. The largest absolute Gasteiger partial charge is 0.369 e. The van der Waals surface area contributed by atoms with Gasteiger partial charge in [-0.2, -0.15) is 0 Å². The SMILES string of the molecule is CN1CCCC(CNc2ncnc3c2CCCCC3)C1. The molecule has 1 unspecified atom stereocenters. The maximum atomic E-state index is 4.50. The molecule has 0 spiro atoms. The molecular weight excluding hydrogens is 248 g/mol. The summed E-state index contributed by atoms with van der Waals surface area (Å²) in [5.41, 5.74) is 2.66. The molecule has 1 aliphatic heterocycles. The predicted molar refractivity (Wildman–Crippen MR) is 82.0 cm³/mol. The number of nitrogens with zero attached hydrogens (tertiary/aromatic N) is 3. The van der Waals surface area contributed by atoms with E-state index in [2.05, 4.69) is 27.2 Å². The number of aryl methyl sites for hydroxylation is 1. The lowest BCUT2D eigenvalue weighted by atomic mass is 9.98. The molecule has 1 aromatic rings. The average molecular weight is 274 g/mol. The summed E-state index contributed by atoms with van der Waals surface area (Å²) in [7, 11) is 2.23. The minimum atomic E-state index is 0.755. The van der Waals surface area contributed by atoms with Gasteiger partial charge in [-0.15, -0.1) is 0 Å². The number of hydrogen-bond acceptors (Lipinski definition) is 4. The van der Waals surface area contributed by atoms with Crippen molar-refractivity contribution >= 4 is 5.82 Å². The summed E-state index contributed by atoms with van der Waals surface area (Å²) >= 11 is 0. The summed E-state index contributed by atoms with van der Waals surface area (Å²) in [6.45, 7) is 3.51. The lowest BCUT2D eigenvalue weighted by Gasteiger charge is -2.30. The highest BCUT2D eigenvalue weighted by molar-refractivity contribution is 5.46. The van der Waals surface area contributed by atoms with Crippen molar-refractivity contribution in [2.75, 3.05) is 32.0 Å². The van der Waals surface area contributed by atoms with E-state index in [0.717, 1.165) is 31.1 Å². The zero-order valence-electron chi connectivity index (χ0n) is 12.6. The second kappa shape index (κ2) is 6.53.